The fraction of sp³-hybridized carbons (Fsp3) is 0.364. The van der Waals surface area contributed by atoms with E-state index in [2.05, 4.69) is 5.32 Å². The molecule has 3 rings (SSSR count). The van der Waals surface area contributed by atoms with Gasteiger partial charge in [-0.15, -0.1) is 0 Å². The van der Waals surface area contributed by atoms with Gasteiger partial charge in [-0.3, -0.25) is 9.59 Å². The van der Waals surface area contributed by atoms with Crippen molar-refractivity contribution in [2.45, 2.75) is 35.3 Å². The molecule has 1 aliphatic carbocycles. The topological polar surface area (TPSA) is 92.8 Å². The zero-order valence-electron chi connectivity index (χ0n) is 17.4. The Morgan fingerprint density at radius 3 is 2.16 bits per heavy atom. The van der Waals surface area contributed by atoms with Crippen molar-refractivity contribution in [1.29, 1.82) is 0 Å². The molecule has 0 atom stereocenters. The van der Waals surface area contributed by atoms with Gasteiger partial charge < -0.3 is 15.0 Å². The molecule has 0 radical (unpaired) electrons. The number of nitrogens with one attached hydrogen (secondary N) is 1. The average molecular weight is 465 g/mol. The molecule has 2 aromatic carbocycles. The number of hydrogen-bond donors (Lipinski definition) is 1. The lowest BCUT2D eigenvalue weighted by Crippen LogP contribution is -2.47. The number of likely N-dealkylation sites (N-methyl/N-ethyl adjacent to an activating group) is 1. The molecular weight excluding hydrogens is 440 g/mol. The monoisotopic (exact) mass is 464 g/mol. The highest BCUT2D eigenvalue weighted by molar-refractivity contribution is 7.93. The van der Waals surface area contributed by atoms with E-state index in [1.807, 2.05) is 0 Å². The molecule has 2 amide bonds. The minimum atomic E-state index is -3.91. The Balaban J connectivity index is 1.77. The van der Waals surface area contributed by atoms with Gasteiger partial charge >= 0.3 is 0 Å². The van der Waals surface area contributed by atoms with E-state index in [1.54, 1.807) is 38.4 Å². The largest absolute Gasteiger partial charge is 0.484 e. The van der Waals surface area contributed by atoms with Crippen LogP contribution >= 0.6 is 11.6 Å². The average Bonchev–Trinajstić information content (AvgIpc) is 3.25. The predicted octanol–water partition coefficient (Wildman–Crippen LogP) is 3.53. The van der Waals surface area contributed by atoms with Crippen LogP contribution in [-0.2, 0) is 19.4 Å². The third-order valence-corrected chi connectivity index (χ3v) is 8.20. The van der Waals surface area contributed by atoms with Crippen LogP contribution in [0.1, 0.15) is 25.7 Å². The van der Waals surface area contributed by atoms with Crippen LogP contribution in [0, 0.1) is 0 Å². The third-order valence-electron chi connectivity index (χ3n) is 5.44. The van der Waals surface area contributed by atoms with Crippen LogP contribution in [0.3, 0.4) is 0 Å². The molecular formula is C22H25ClN2O5S. The first-order valence-corrected chi connectivity index (χ1v) is 11.8. The maximum absolute atomic E-state index is 13.4. The van der Waals surface area contributed by atoms with Crippen molar-refractivity contribution in [3.05, 3.63) is 53.6 Å². The number of carbonyl (C=O) groups is 2. The number of ether oxygens (including phenoxy) is 1. The Morgan fingerprint density at radius 1 is 1.03 bits per heavy atom. The van der Waals surface area contributed by atoms with Gasteiger partial charge in [0, 0.05) is 24.8 Å². The van der Waals surface area contributed by atoms with E-state index < -0.39 is 20.5 Å². The van der Waals surface area contributed by atoms with Crippen molar-refractivity contribution in [2.24, 2.45) is 0 Å². The van der Waals surface area contributed by atoms with Gasteiger partial charge in [-0.25, -0.2) is 8.42 Å². The normalized spacial score (nSPS) is 15.3. The van der Waals surface area contributed by atoms with E-state index in [1.165, 1.54) is 29.2 Å². The number of amides is 2. The van der Waals surface area contributed by atoms with Gasteiger partial charge in [-0.1, -0.05) is 24.4 Å². The van der Waals surface area contributed by atoms with Crippen molar-refractivity contribution in [3.63, 3.8) is 0 Å². The Kier molecular flexibility index (Phi) is 6.91. The number of rotatable bonds is 7. The van der Waals surface area contributed by atoms with Gasteiger partial charge in [0.25, 0.3) is 5.91 Å². The van der Waals surface area contributed by atoms with Crippen LogP contribution in [-0.4, -0.2) is 50.6 Å². The number of hydrogen-bond acceptors (Lipinski definition) is 5. The molecule has 0 aliphatic heterocycles. The summed E-state index contributed by atoms with van der Waals surface area (Å²) in [4.78, 5) is 26.3. The van der Waals surface area contributed by atoms with E-state index >= 15 is 0 Å². The molecule has 9 heteroatoms. The lowest BCUT2D eigenvalue weighted by atomic mass is 10.1. The summed E-state index contributed by atoms with van der Waals surface area (Å²) < 4.78 is 30.7. The van der Waals surface area contributed by atoms with E-state index in [0.29, 0.717) is 29.3 Å². The summed E-state index contributed by atoms with van der Waals surface area (Å²) >= 11 is 5.89. The van der Waals surface area contributed by atoms with Crippen molar-refractivity contribution in [3.8, 4) is 5.75 Å². The third kappa shape index (κ3) is 4.85. The second-order valence-electron chi connectivity index (χ2n) is 7.71. The number of halogens is 1. The molecule has 31 heavy (non-hydrogen) atoms. The summed E-state index contributed by atoms with van der Waals surface area (Å²) in [5, 5.41) is 3.18. The molecule has 166 valence electrons. The maximum Gasteiger partial charge on any atom is 0.259 e. The lowest BCUT2D eigenvalue weighted by molar-refractivity contribution is -0.130. The molecule has 1 saturated carbocycles. The van der Waals surface area contributed by atoms with Crippen LogP contribution in [0.4, 0.5) is 5.69 Å². The lowest BCUT2D eigenvalue weighted by Gasteiger charge is -2.27. The molecule has 0 saturated heterocycles. The van der Waals surface area contributed by atoms with Gasteiger partial charge in [-0.2, -0.15) is 0 Å². The highest BCUT2D eigenvalue weighted by Gasteiger charge is 2.52. The van der Waals surface area contributed by atoms with E-state index in [0.717, 1.165) is 0 Å². The zero-order valence-corrected chi connectivity index (χ0v) is 19.0. The molecule has 1 N–H and O–H groups in total. The highest BCUT2D eigenvalue weighted by atomic mass is 35.5. The van der Waals surface area contributed by atoms with E-state index in [4.69, 9.17) is 16.3 Å². The van der Waals surface area contributed by atoms with Gasteiger partial charge in [0.2, 0.25) is 5.91 Å². The number of sulfone groups is 1. The minimum absolute atomic E-state index is 0.0863. The van der Waals surface area contributed by atoms with Crippen LogP contribution in [0.2, 0.25) is 5.02 Å². The Morgan fingerprint density at radius 2 is 1.61 bits per heavy atom. The zero-order chi connectivity index (χ0) is 22.6. The fourth-order valence-electron chi connectivity index (χ4n) is 3.56. The summed E-state index contributed by atoms with van der Waals surface area (Å²) in [7, 11) is -0.628. The second kappa shape index (κ2) is 9.28. The molecule has 0 spiro atoms. The molecule has 2 aromatic rings. The quantitative estimate of drug-likeness (QED) is 0.676. The van der Waals surface area contributed by atoms with Crippen LogP contribution in [0.15, 0.2) is 53.4 Å². The van der Waals surface area contributed by atoms with Gasteiger partial charge in [-0.05, 0) is 61.4 Å². The number of nitrogens with zero attached hydrogens (tertiary/aromatic N) is 1. The molecule has 0 unspecified atom stereocenters. The molecule has 0 bridgehead atoms. The predicted molar refractivity (Wildman–Crippen MR) is 119 cm³/mol. The van der Waals surface area contributed by atoms with Crippen LogP contribution in [0.25, 0.3) is 0 Å². The maximum atomic E-state index is 13.4. The minimum Gasteiger partial charge on any atom is -0.484 e. The van der Waals surface area contributed by atoms with Crippen LogP contribution in [0.5, 0.6) is 5.75 Å². The molecule has 7 nitrogen and oxygen atoms in total. The standard InChI is InChI=1S/C22H25ClN2O5S/c1-25(2)20(26)15-30-18-9-7-17(8-10-18)24-21(27)22(13-3-4-14-22)31(28,29)19-11-5-16(23)6-12-19/h5-12H,3-4,13-15H2,1-2H3,(H,24,27). The van der Waals surface area contributed by atoms with Crippen LogP contribution < -0.4 is 10.1 Å². The Bertz CT molecular complexity index is 1040. The highest BCUT2D eigenvalue weighted by Crippen LogP contribution is 2.41. The van der Waals surface area contributed by atoms with E-state index in [-0.39, 0.29) is 30.3 Å². The summed E-state index contributed by atoms with van der Waals surface area (Å²) in [5.41, 5.74) is 0.453. The number of carbonyl (C=O) groups excluding carboxylic acids is 2. The van der Waals surface area contributed by atoms with Crippen molar-refractivity contribution < 1.29 is 22.7 Å². The fourth-order valence-corrected chi connectivity index (χ4v) is 5.75. The first-order valence-electron chi connectivity index (χ1n) is 9.90. The summed E-state index contributed by atoms with van der Waals surface area (Å²) in [6, 6.07) is 12.4. The summed E-state index contributed by atoms with van der Waals surface area (Å²) in [6.45, 7) is -0.0961. The second-order valence-corrected chi connectivity index (χ2v) is 10.4. The van der Waals surface area contributed by atoms with Crippen molar-refractivity contribution >= 4 is 38.9 Å². The molecule has 0 heterocycles. The number of anilines is 1. The molecule has 1 aliphatic rings. The summed E-state index contributed by atoms with van der Waals surface area (Å²) in [6.07, 6.45) is 1.84. The Labute approximate surface area is 187 Å². The Hall–Kier alpha value is -2.58. The molecule has 1 fully saturated rings. The van der Waals surface area contributed by atoms with E-state index in [9.17, 15) is 18.0 Å². The molecule has 0 aromatic heterocycles. The summed E-state index contributed by atoms with van der Waals surface area (Å²) in [5.74, 6) is -0.248. The first-order chi connectivity index (χ1) is 14.7. The number of benzene rings is 2. The van der Waals surface area contributed by atoms with Gasteiger partial charge in [0.05, 0.1) is 4.90 Å². The van der Waals surface area contributed by atoms with Crippen molar-refractivity contribution in [1.82, 2.24) is 4.90 Å². The van der Waals surface area contributed by atoms with Crippen molar-refractivity contribution in [2.75, 3.05) is 26.0 Å². The SMILES string of the molecule is CN(C)C(=O)COc1ccc(NC(=O)C2(S(=O)(=O)c3ccc(Cl)cc3)CCCC2)cc1. The smallest absolute Gasteiger partial charge is 0.259 e. The van der Waals surface area contributed by atoms with Gasteiger partial charge in [0.1, 0.15) is 5.75 Å². The first kappa shape index (κ1) is 23.1. The van der Waals surface area contributed by atoms with Gasteiger partial charge in [0.15, 0.2) is 21.2 Å².